The molecule has 0 radical (unpaired) electrons. The van der Waals surface area contributed by atoms with E-state index in [-0.39, 0.29) is 5.91 Å². The summed E-state index contributed by atoms with van der Waals surface area (Å²) in [6.45, 7) is 1.73. The normalized spacial score (nSPS) is 10.5. The number of aryl methyl sites for hydroxylation is 1. The van der Waals surface area contributed by atoms with E-state index < -0.39 is 0 Å². The van der Waals surface area contributed by atoms with Gasteiger partial charge >= 0.3 is 0 Å². The van der Waals surface area contributed by atoms with Crippen LogP contribution in [0.3, 0.4) is 0 Å². The van der Waals surface area contributed by atoms with Crippen LogP contribution in [0.5, 0.6) is 0 Å². The van der Waals surface area contributed by atoms with Crippen LogP contribution in [0, 0.1) is 6.92 Å². The second-order valence-electron chi connectivity index (χ2n) is 5.13. The number of carbonyl (C=O) groups is 1. The Labute approximate surface area is 144 Å². The lowest BCUT2D eigenvalue weighted by Gasteiger charge is -2.08. The molecule has 3 rings (SSSR count). The lowest BCUT2D eigenvalue weighted by Crippen LogP contribution is -2.12. The van der Waals surface area contributed by atoms with E-state index in [9.17, 15) is 4.79 Å². The zero-order valence-corrected chi connectivity index (χ0v) is 14.0. The van der Waals surface area contributed by atoms with E-state index in [2.05, 4.69) is 15.5 Å². The van der Waals surface area contributed by atoms with Gasteiger partial charge in [-0.15, -0.1) is 22.0 Å². The predicted molar refractivity (Wildman–Crippen MR) is 94.9 cm³/mol. The van der Waals surface area contributed by atoms with Gasteiger partial charge in [0, 0.05) is 24.0 Å². The van der Waals surface area contributed by atoms with Crippen molar-refractivity contribution in [3.63, 3.8) is 0 Å². The van der Waals surface area contributed by atoms with Crippen molar-refractivity contribution >= 4 is 23.4 Å². The molecule has 0 fully saturated rings. The van der Waals surface area contributed by atoms with Gasteiger partial charge in [-0.25, -0.2) is 0 Å². The molecule has 0 saturated heterocycles. The van der Waals surface area contributed by atoms with Crippen molar-refractivity contribution in [2.24, 2.45) is 0 Å². The van der Waals surface area contributed by atoms with Gasteiger partial charge in [-0.2, -0.15) is 0 Å². The van der Waals surface area contributed by atoms with Gasteiger partial charge in [0.25, 0.3) is 0 Å². The summed E-state index contributed by atoms with van der Waals surface area (Å²) in [4.78, 5) is 13.4. The van der Waals surface area contributed by atoms with Crippen LogP contribution in [-0.2, 0) is 4.79 Å². The van der Waals surface area contributed by atoms with E-state index >= 15 is 0 Å². The maximum atomic E-state index is 12.2. The van der Waals surface area contributed by atoms with Crippen molar-refractivity contribution in [2.75, 3.05) is 11.1 Å². The molecule has 1 aromatic heterocycles. The molecule has 0 bridgehead atoms. The number of nitrogens with one attached hydrogen (secondary N) is 1. The number of nitrogens with zero attached hydrogens (tertiary/aromatic N) is 2. The highest BCUT2D eigenvalue weighted by atomic mass is 32.2. The van der Waals surface area contributed by atoms with Crippen LogP contribution >= 0.6 is 11.8 Å². The summed E-state index contributed by atoms with van der Waals surface area (Å²) in [6, 6.07) is 17.4. The van der Waals surface area contributed by atoms with Crippen LogP contribution < -0.4 is 5.32 Å². The second-order valence-corrected chi connectivity index (χ2v) is 6.30. The molecule has 2 aromatic carbocycles. The largest absolute Gasteiger partial charge is 0.421 e. The summed E-state index contributed by atoms with van der Waals surface area (Å²) < 4.78 is 5.45. The van der Waals surface area contributed by atoms with E-state index in [4.69, 9.17) is 4.42 Å². The van der Waals surface area contributed by atoms with Crippen LogP contribution in [0.4, 0.5) is 5.69 Å². The molecule has 24 heavy (non-hydrogen) atoms. The van der Waals surface area contributed by atoms with E-state index in [1.807, 2.05) is 54.6 Å². The maximum Gasteiger partial charge on any atom is 0.249 e. The molecule has 5 nitrogen and oxygen atoms in total. The van der Waals surface area contributed by atoms with Crippen LogP contribution in [-0.4, -0.2) is 21.9 Å². The van der Waals surface area contributed by atoms with E-state index in [0.29, 0.717) is 23.9 Å². The first-order chi connectivity index (χ1) is 11.7. The minimum atomic E-state index is -0.0397. The van der Waals surface area contributed by atoms with E-state index in [1.54, 1.807) is 18.7 Å². The van der Waals surface area contributed by atoms with Crippen LogP contribution in [0.25, 0.3) is 11.5 Å². The standard InChI is InChI=1S/C18H17N3O2S/c1-13-20-21-18(23-13)15-9-5-6-10-16(15)19-17(22)11-12-24-14-7-3-2-4-8-14/h2-10H,11-12H2,1H3,(H,19,22). The van der Waals surface area contributed by atoms with Gasteiger partial charge in [0.1, 0.15) is 0 Å². The van der Waals surface area contributed by atoms with Crippen molar-refractivity contribution < 1.29 is 9.21 Å². The van der Waals surface area contributed by atoms with Gasteiger partial charge < -0.3 is 9.73 Å². The molecule has 1 amide bonds. The van der Waals surface area contributed by atoms with Gasteiger partial charge in [-0.1, -0.05) is 30.3 Å². The molecule has 0 saturated carbocycles. The van der Waals surface area contributed by atoms with Gasteiger partial charge in [0.15, 0.2) is 0 Å². The zero-order chi connectivity index (χ0) is 16.8. The second kappa shape index (κ2) is 7.79. The van der Waals surface area contributed by atoms with E-state index in [0.717, 1.165) is 16.2 Å². The number of amides is 1. The molecule has 0 atom stereocenters. The van der Waals surface area contributed by atoms with Crippen molar-refractivity contribution in [3.8, 4) is 11.5 Å². The first-order valence-electron chi connectivity index (χ1n) is 7.59. The van der Waals surface area contributed by atoms with E-state index in [1.165, 1.54) is 0 Å². The molecule has 1 N–H and O–H groups in total. The SMILES string of the molecule is Cc1nnc(-c2ccccc2NC(=O)CCSc2ccccc2)o1. The third-order valence-electron chi connectivity index (χ3n) is 3.30. The quantitative estimate of drug-likeness (QED) is 0.683. The fraction of sp³-hybridized carbons (Fsp3) is 0.167. The van der Waals surface area contributed by atoms with Crippen molar-refractivity contribution in [1.29, 1.82) is 0 Å². The third-order valence-corrected chi connectivity index (χ3v) is 4.31. The lowest BCUT2D eigenvalue weighted by atomic mass is 10.1. The molecule has 0 aliphatic rings. The fourth-order valence-electron chi connectivity index (χ4n) is 2.18. The minimum Gasteiger partial charge on any atom is -0.421 e. The average molecular weight is 339 g/mol. The number of para-hydroxylation sites is 1. The number of aromatic nitrogens is 2. The van der Waals surface area contributed by atoms with Crippen molar-refractivity contribution in [1.82, 2.24) is 10.2 Å². The number of thioether (sulfide) groups is 1. The fourth-order valence-corrected chi connectivity index (χ4v) is 3.05. The number of benzene rings is 2. The predicted octanol–water partition coefficient (Wildman–Crippen LogP) is 4.17. The van der Waals surface area contributed by atoms with Crippen LogP contribution in [0.2, 0.25) is 0 Å². The summed E-state index contributed by atoms with van der Waals surface area (Å²) in [5.74, 6) is 1.58. The zero-order valence-electron chi connectivity index (χ0n) is 13.2. The van der Waals surface area contributed by atoms with Gasteiger partial charge in [0.2, 0.25) is 17.7 Å². The Morgan fingerprint density at radius 1 is 1.08 bits per heavy atom. The Kier molecular flexibility index (Phi) is 5.28. The molecule has 0 spiro atoms. The molecular weight excluding hydrogens is 322 g/mol. The molecule has 1 heterocycles. The summed E-state index contributed by atoms with van der Waals surface area (Å²) in [5.41, 5.74) is 1.40. The average Bonchev–Trinajstić information content (AvgIpc) is 3.02. The van der Waals surface area contributed by atoms with Crippen LogP contribution in [0.15, 0.2) is 63.9 Å². The molecule has 3 aromatic rings. The Morgan fingerprint density at radius 2 is 1.83 bits per heavy atom. The smallest absolute Gasteiger partial charge is 0.249 e. The summed E-state index contributed by atoms with van der Waals surface area (Å²) in [7, 11) is 0. The summed E-state index contributed by atoms with van der Waals surface area (Å²) in [5, 5.41) is 10.8. The number of hydrogen-bond donors (Lipinski definition) is 1. The monoisotopic (exact) mass is 339 g/mol. The first-order valence-corrected chi connectivity index (χ1v) is 8.58. The topological polar surface area (TPSA) is 68.0 Å². The highest BCUT2D eigenvalue weighted by Gasteiger charge is 2.13. The number of hydrogen-bond acceptors (Lipinski definition) is 5. The summed E-state index contributed by atoms with van der Waals surface area (Å²) >= 11 is 1.66. The highest BCUT2D eigenvalue weighted by molar-refractivity contribution is 7.99. The number of anilines is 1. The van der Waals surface area contributed by atoms with Crippen LogP contribution in [0.1, 0.15) is 12.3 Å². The maximum absolute atomic E-state index is 12.2. The van der Waals surface area contributed by atoms with Gasteiger partial charge in [0.05, 0.1) is 11.3 Å². The Morgan fingerprint density at radius 3 is 2.58 bits per heavy atom. The Hall–Kier alpha value is -2.60. The number of rotatable bonds is 6. The Balaban J connectivity index is 1.60. The number of carbonyl (C=O) groups excluding carboxylic acids is 1. The Bertz CT molecular complexity index is 818. The van der Waals surface area contributed by atoms with Crippen molar-refractivity contribution in [3.05, 3.63) is 60.5 Å². The summed E-state index contributed by atoms with van der Waals surface area (Å²) in [6.07, 6.45) is 0.427. The molecule has 122 valence electrons. The van der Waals surface area contributed by atoms with Gasteiger partial charge in [-0.05, 0) is 24.3 Å². The minimum absolute atomic E-state index is 0.0397. The highest BCUT2D eigenvalue weighted by Crippen LogP contribution is 2.27. The third kappa shape index (κ3) is 4.23. The van der Waals surface area contributed by atoms with Gasteiger partial charge in [-0.3, -0.25) is 4.79 Å². The lowest BCUT2D eigenvalue weighted by molar-refractivity contribution is -0.115. The molecule has 0 unspecified atom stereocenters. The molecular formula is C18H17N3O2S. The molecule has 0 aliphatic heterocycles. The van der Waals surface area contributed by atoms with Crippen molar-refractivity contribution in [2.45, 2.75) is 18.2 Å². The molecule has 0 aliphatic carbocycles. The molecule has 6 heteroatoms. The first kappa shape index (κ1) is 16.3.